The van der Waals surface area contributed by atoms with Gasteiger partial charge in [-0.1, -0.05) is 44.2 Å². The molecule has 2 rings (SSSR count). The van der Waals surface area contributed by atoms with Gasteiger partial charge in [0.2, 0.25) is 0 Å². The molecule has 0 spiro atoms. The molecule has 5 heteroatoms. The molecule has 0 aliphatic heterocycles. The minimum atomic E-state index is -0.499. The number of carbonyl (C=O) groups is 1. The van der Waals surface area contributed by atoms with Gasteiger partial charge in [-0.15, -0.1) is 0 Å². The topological polar surface area (TPSA) is 74.1 Å². The van der Waals surface area contributed by atoms with Gasteiger partial charge in [-0.3, -0.25) is 4.79 Å². The van der Waals surface area contributed by atoms with Crippen molar-refractivity contribution in [3.05, 3.63) is 65.9 Å². The summed E-state index contributed by atoms with van der Waals surface area (Å²) in [6, 6.07) is 16.8. The van der Waals surface area contributed by atoms with E-state index in [2.05, 4.69) is 24.5 Å². The van der Waals surface area contributed by atoms with E-state index in [9.17, 15) is 10.1 Å². The first kappa shape index (κ1) is 18.1. The Labute approximate surface area is 147 Å². The molecule has 0 atom stereocenters. The van der Waals surface area contributed by atoms with Crippen LogP contribution in [0.2, 0.25) is 0 Å². The fourth-order valence-corrected chi connectivity index (χ4v) is 2.37. The zero-order chi connectivity index (χ0) is 18.2. The van der Waals surface area contributed by atoms with Crippen LogP contribution in [0.25, 0.3) is 0 Å². The second-order valence-electron chi connectivity index (χ2n) is 5.71. The third-order valence-corrected chi connectivity index (χ3v) is 3.68. The lowest BCUT2D eigenvalue weighted by Crippen LogP contribution is -2.15. The average molecular weight is 335 g/mol. The van der Waals surface area contributed by atoms with Crippen molar-refractivity contribution in [2.24, 2.45) is 0 Å². The lowest BCUT2D eigenvalue weighted by atomic mass is 10.0. The summed E-state index contributed by atoms with van der Waals surface area (Å²) in [4.78, 5) is 12.4. The first-order valence-electron chi connectivity index (χ1n) is 7.97. The molecular formula is C20H21N3O2. The summed E-state index contributed by atoms with van der Waals surface area (Å²) >= 11 is 0. The third kappa shape index (κ3) is 4.61. The van der Waals surface area contributed by atoms with Gasteiger partial charge in [0.25, 0.3) is 5.91 Å². The number of nitrogens with zero attached hydrogens (tertiary/aromatic N) is 1. The number of rotatable bonds is 6. The van der Waals surface area contributed by atoms with Crippen molar-refractivity contribution >= 4 is 17.3 Å². The van der Waals surface area contributed by atoms with Crippen molar-refractivity contribution in [3.63, 3.8) is 0 Å². The molecule has 128 valence electrons. The standard InChI is InChI=1S/C20H21N3O2/c1-14(2)16-8-4-5-9-17(16)22-13-15(12-21)20(24)23-18-10-6-7-11-19(18)25-3/h4-11,13-14,22H,1-3H3,(H,23,24)/b15-13-. The average Bonchev–Trinajstić information content (AvgIpc) is 2.63. The van der Waals surface area contributed by atoms with E-state index < -0.39 is 5.91 Å². The van der Waals surface area contributed by atoms with Crippen LogP contribution >= 0.6 is 0 Å². The normalized spacial score (nSPS) is 10.9. The van der Waals surface area contributed by atoms with E-state index in [4.69, 9.17) is 4.74 Å². The molecule has 0 unspecified atom stereocenters. The minimum Gasteiger partial charge on any atom is -0.495 e. The fourth-order valence-electron chi connectivity index (χ4n) is 2.37. The van der Waals surface area contributed by atoms with Crippen molar-refractivity contribution in [2.45, 2.75) is 19.8 Å². The highest BCUT2D eigenvalue weighted by Crippen LogP contribution is 2.25. The van der Waals surface area contributed by atoms with Crippen molar-refractivity contribution in [2.75, 3.05) is 17.7 Å². The minimum absolute atomic E-state index is 0.0236. The van der Waals surface area contributed by atoms with Crippen molar-refractivity contribution in [1.29, 1.82) is 5.26 Å². The molecule has 0 aromatic heterocycles. The van der Waals surface area contributed by atoms with E-state index in [0.717, 1.165) is 11.3 Å². The maximum atomic E-state index is 12.4. The number of nitriles is 1. The van der Waals surface area contributed by atoms with Gasteiger partial charge in [-0.25, -0.2) is 0 Å². The second-order valence-corrected chi connectivity index (χ2v) is 5.71. The van der Waals surface area contributed by atoms with Crippen LogP contribution in [-0.2, 0) is 4.79 Å². The van der Waals surface area contributed by atoms with Gasteiger partial charge in [0.1, 0.15) is 17.4 Å². The molecule has 0 aliphatic carbocycles. The van der Waals surface area contributed by atoms with Crippen molar-refractivity contribution < 1.29 is 9.53 Å². The molecule has 0 bridgehead atoms. The molecule has 0 fully saturated rings. The van der Waals surface area contributed by atoms with Crippen molar-refractivity contribution in [3.8, 4) is 11.8 Å². The summed E-state index contributed by atoms with van der Waals surface area (Å²) in [5.74, 6) is 0.359. The van der Waals surface area contributed by atoms with E-state index >= 15 is 0 Å². The quantitative estimate of drug-likeness (QED) is 0.610. The Morgan fingerprint density at radius 3 is 2.40 bits per heavy atom. The van der Waals surface area contributed by atoms with Crippen LogP contribution in [0.3, 0.4) is 0 Å². The van der Waals surface area contributed by atoms with E-state index in [1.807, 2.05) is 30.3 Å². The molecule has 2 N–H and O–H groups in total. The number of para-hydroxylation sites is 3. The van der Waals surface area contributed by atoms with Gasteiger partial charge < -0.3 is 15.4 Å². The zero-order valence-corrected chi connectivity index (χ0v) is 14.5. The first-order chi connectivity index (χ1) is 12.1. The highest BCUT2D eigenvalue weighted by molar-refractivity contribution is 6.07. The number of hydrogen-bond donors (Lipinski definition) is 2. The molecule has 2 aromatic carbocycles. The zero-order valence-electron chi connectivity index (χ0n) is 14.5. The Morgan fingerprint density at radius 2 is 1.76 bits per heavy atom. The Balaban J connectivity index is 2.18. The summed E-state index contributed by atoms with van der Waals surface area (Å²) in [6.45, 7) is 4.17. The van der Waals surface area contributed by atoms with Crippen LogP contribution in [-0.4, -0.2) is 13.0 Å². The summed E-state index contributed by atoms with van der Waals surface area (Å²) in [5, 5.41) is 15.1. The third-order valence-electron chi connectivity index (χ3n) is 3.68. The molecule has 1 amide bonds. The number of methoxy groups -OCH3 is 1. The van der Waals surface area contributed by atoms with Crippen LogP contribution in [0.5, 0.6) is 5.75 Å². The molecule has 0 aliphatic rings. The lowest BCUT2D eigenvalue weighted by Gasteiger charge is -2.13. The molecule has 0 radical (unpaired) electrons. The van der Waals surface area contributed by atoms with Gasteiger partial charge in [0, 0.05) is 11.9 Å². The number of nitrogens with one attached hydrogen (secondary N) is 2. The van der Waals surface area contributed by atoms with Gasteiger partial charge in [-0.2, -0.15) is 5.26 Å². The maximum Gasteiger partial charge on any atom is 0.267 e. The smallest absolute Gasteiger partial charge is 0.267 e. The SMILES string of the molecule is COc1ccccc1NC(=O)/C(C#N)=C\Nc1ccccc1C(C)C. The molecule has 0 heterocycles. The van der Waals surface area contributed by atoms with Crippen LogP contribution in [0.1, 0.15) is 25.3 Å². The van der Waals surface area contributed by atoms with Crippen LogP contribution < -0.4 is 15.4 Å². The Morgan fingerprint density at radius 1 is 1.12 bits per heavy atom. The molecule has 25 heavy (non-hydrogen) atoms. The highest BCUT2D eigenvalue weighted by atomic mass is 16.5. The number of benzene rings is 2. The highest BCUT2D eigenvalue weighted by Gasteiger charge is 2.12. The van der Waals surface area contributed by atoms with Gasteiger partial charge in [0.15, 0.2) is 0 Å². The summed E-state index contributed by atoms with van der Waals surface area (Å²) in [5.41, 5.74) is 2.47. The van der Waals surface area contributed by atoms with E-state index in [1.165, 1.54) is 13.3 Å². The number of amides is 1. The van der Waals surface area contributed by atoms with Gasteiger partial charge >= 0.3 is 0 Å². The maximum absolute atomic E-state index is 12.4. The molecule has 0 saturated carbocycles. The fraction of sp³-hybridized carbons (Fsp3) is 0.200. The van der Waals surface area contributed by atoms with Crippen molar-refractivity contribution in [1.82, 2.24) is 0 Å². The predicted molar refractivity (Wildman–Crippen MR) is 99.5 cm³/mol. The van der Waals surface area contributed by atoms with E-state index in [0.29, 0.717) is 17.4 Å². The number of hydrogen-bond acceptors (Lipinski definition) is 4. The van der Waals surface area contributed by atoms with Crippen LogP contribution in [0.4, 0.5) is 11.4 Å². The first-order valence-corrected chi connectivity index (χ1v) is 7.97. The molecule has 2 aromatic rings. The Kier molecular flexibility index (Phi) is 6.19. The summed E-state index contributed by atoms with van der Waals surface area (Å²) in [6.07, 6.45) is 1.42. The summed E-state index contributed by atoms with van der Waals surface area (Å²) < 4.78 is 5.20. The van der Waals surface area contributed by atoms with E-state index in [-0.39, 0.29) is 5.57 Å². The van der Waals surface area contributed by atoms with E-state index in [1.54, 1.807) is 24.3 Å². The monoisotopic (exact) mass is 335 g/mol. The number of carbonyl (C=O) groups excluding carboxylic acids is 1. The predicted octanol–water partition coefficient (Wildman–Crippen LogP) is 4.28. The second kappa shape index (κ2) is 8.55. The lowest BCUT2D eigenvalue weighted by molar-refractivity contribution is -0.112. The van der Waals surface area contributed by atoms with Gasteiger partial charge in [0.05, 0.1) is 12.8 Å². The number of anilines is 2. The largest absolute Gasteiger partial charge is 0.495 e. The molecule has 0 saturated heterocycles. The molecular weight excluding hydrogens is 314 g/mol. The molecule has 5 nitrogen and oxygen atoms in total. The Hall–Kier alpha value is -3.26. The van der Waals surface area contributed by atoms with Gasteiger partial charge in [-0.05, 0) is 29.7 Å². The summed E-state index contributed by atoms with van der Waals surface area (Å²) in [7, 11) is 1.52. The van der Waals surface area contributed by atoms with Crippen LogP contribution in [0, 0.1) is 11.3 Å². The van der Waals surface area contributed by atoms with Crippen LogP contribution in [0.15, 0.2) is 60.3 Å². The number of ether oxygens (including phenoxy) is 1. The Bertz CT molecular complexity index is 820.